The van der Waals surface area contributed by atoms with Gasteiger partial charge in [0.15, 0.2) is 5.78 Å². The molecule has 0 bridgehead atoms. The minimum absolute atomic E-state index is 0.0468. The fourth-order valence-corrected chi connectivity index (χ4v) is 4.84. The number of ketones is 1. The number of methoxy groups -OCH3 is 2. The van der Waals surface area contributed by atoms with E-state index in [0.717, 1.165) is 29.7 Å². The SMILES string of the molecule is C=C(C)[C@H]1[C@@H](OCOC)C(=O)[C@](C)(C/C=C(\C)CCC=C(C)C)[C@H]1COCc1ccc(OC)cc1. The van der Waals surface area contributed by atoms with Crippen molar-refractivity contribution in [2.24, 2.45) is 17.3 Å². The Labute approximate surface area is 212 Å². The van der Waals surface area contributed by atoms with Crippen molar-refractivity contribution in [3.8, 4) is 5.75 Å². The Morgan fingerprint density at radius 3 is 2.34 bits per heavy atom. The van der Waals surface area contributed by atoms with Crippen molar-refractivity contribution >= 4 is 5.78 Å². The second kappa shape index (κ2) is 13.8. The van der Waals surface area contributed by atoms with E-state index in [1.165, 1.54) is 11.1 Å². The molecule has 1 aliphatic carbocycles. The number of carbonyl (C=O) groups is 1. The van der Waals surface area contributed by atoms with Crippen LogP contribution in [-0.2, 0) is 25.6 Å². The molecule has 0 radical (unpaired) electrons. The van der Waals surface area contributed by atoms with E-state index in [2.05, 4.69) is 46.4 Å². The van der Waals surface area contributed by atoms with Crippen LogP contribution >= 0.6 is 0 Å². The lowest BCUT2D eigenvalue weighted by Crippen LogP contribution is -2.34. The fraction of sp³-hybridized carbons (Fsp3) is 0.567. The van der Waals surface area contributed by atoms with Crippen molar-refractivity contribution in [3.63, 3.8) is 0 Å². The van der Waals surface area contributed by atoms with Crippen LogP contribution in [0.1, 0.15) is 59.4 Å². The number of hydrogen-bond acceptors (Lipinski definition) is 5. The van der Waals surface area contributed by atoms with Crippen molar-refractivity contribution in [1.82, 2.24) is 0 Å². The average Bonchev–Trinajstić information content (AvgIpc) is 3.03. The maximum absolute atomic E-state index is 13.7. The Morgan fingerprint density at radius 2 is 1.77 bits per heavy atom. The van der Waals surface area contributed by atoms with E-state index in [9.17, 15) is 4.79 Å². The number of allylic oxidation sites excluding steroid dienone is 4. The second-order valence-corrected chi connectivity index (χ2v) is 10.2. The Morgan fingerprint density at radius 1 is 1.09 bits per heavy atom. The lowest BCUT2D eigenvalue weighted by molar-refractivity contribution is -0.143. The van der Waals surface area contributed by atoms with Crippen LogP contribution in [-0.4, -0.2) is 39.5 Å². The zero-order valence-electron chi connectivity index (χ0n) is 22.7. The van der Waals surface area contributed by atoms with E-state index >= 15 is 0 Å². The number of carbonyl (C=O) groups excluding carboxylic acids is 1. The predicted molar refractivity (Wildman–Crippen MR) is 141 cm³/mol. The standard InChI is InChI=1S/C30H44O5/c1-21(2)10-9-11-23(5)16-17-30(6)26(19-34-18-24-12-14-25(33-8)15-13-24)27(22(3)4)28(29(30)31)35-20-32-7/h10,12-16,26-28H,3,9,11,17-20H2,1-2,4-8H3/b23-16+/t26-,27+,28+,30+/m0/s1. The topological polar surface area (TPSA) is 54.0 Å². The third kappa shape index (κ3) is 7.89. The zero-order chi connectivity index (χ0) is 26.0. The molecule has 0 saturated heterocycles. The molecule has 1 aliphatic rings. The number of benzene rings is 1. The third-order valence-electron chi connectivity index (χ3n) is 7.02. The molecule has 1 aromatic rings. The summed E-state index contributed by atoms with van der Waals surface area (Å²) in [5, 5.41) is 0. The average molecular weight is 485 g/mol. The fourth-order valence-electron chi connectivity index (χ4n) is 4.84. The van der Waals surface area contributed by atoms with Crippen LogP contribution in [0.5, 0.6) is 5.75 Å². The maximum Gasteiger partial charge on any atom is 0.168 e. The largest absolute Gasteiger partial charge is 0.497 e. The van der Waals surface area contributed by atoms with E-state index < -0.39 is 11.5 Å². The van der Waals surface area contributed by atoms with Crippen LogP contribution in [0.4, 0.5) is 0 Å². The maximum atomic E-state index is 13.7. The highest BCUT2D eigenvalue weighted by molar-refractivity contribution is 5.92. The highest BCUT2D eigenvalue weighted by atomic mass is 16.7. The van der Waals surface area contributed by atoms with Gasteiger partial charge in [0.05, 0.1) is 20.3 Å². The summed E-state index contributed by atoms with van der Waals surface area (Å²) in [6.45, 7) is 15.6. The molecule has 2 rings (SSSR count). The molecule has 194 valence electrons. The Kier molecular flexibility index (Phi) is 11.4. The third-order valence-corrected chi connectivity index (χ3v) is 7.02. The zero-order valence-corrected chi connectivity index (χ0v) is 22.7. The second-order valence-electron chi connectivity index (χ2n) is 10.2. The molecule has 0 unspecified atom stereocenters. The van der Waals surface area contributed by atoms with E-state index in [-0.39, 0.29) is 24.4 Å². The summed E-state index contributed by atoms with van der Waals surface area (Å²) in [5.74, 6) is 0.746. The van der Waals surface area contributed by atoms with Gasteiger partial charge in [0.1, 0.15) is 18.6 Å². The van der Waals surface area contributed by atoms with Gasteiger partial charge in [-0.1, -0.05) is 54.5 Å². The lowest BCUT2D eigenvalue weighted by Gasteiger charge is -2.32. The summed E-state index contributed by atoms with van der Waals surface area (Å²) in [4.78, 5) is 13.7. The van der Waals surface area contributed by atoms with Gasteiger partial charge in [-0.25, -0.2) is 0 Å². The van der Waals surface area contributed by atoms with Crippen molar-refractivity contribution in [1.29, 1.82) is 0 Å². The normalized spacial score (nSPS) is 24.5. The van der Waals surface area contributed by atoms with E-state index in [1.807, 2.05) is 31.2 Å². The molecule has 0 heterocycles. The molecule has 35 heavy (non-hydrogen) atoms. The summed E-state index contributed by atoms with van der Waals surface area (Å²) in [5.41, 5.74) is 4.01. The van der Waals surface area contributed by atoms with Gasteiger partial charge in [0.2, 0.25) is 0 Å². The summed E-state index contributed by atoms with van der Waals surface area (Å²) in [7, 11) is 3.23. The van der Waals surface area contributed by atoms with Crippen LogP contribution in [0.15, 0.2) is 59.7 Å². The first-order valence-electron chi connectivity index (χ1n) is 12.4. The van der Waals surface area contributed by atoms with Crippen molar-refractivity contribution in [2.45, 2.75) is 66.6 Å². The van der Waals surface area contributed by atoms with Gasteiger partial charge in [-0.3, -0.25) is 4.79 Å². The Balaban J connectivity index is 2.23. The minimum atomic E-state index is -0.611. The summed E-state index contributed by atoms with van der Waals surface area (Å²) < 4.78 is 22.5. The molecule has 4 atom stereocenters. The monoisotopic (exact) mass is 484 g/mol. The van der Waals surface area contributed by atoms with Crippen LogP contribution in [0.3, 0.4) is 0 Å². The van der Waals surface area contributed by atoms with E-state index in [4.69, 9.17) is 18.9 Å². The molecule has 1 saturated carbocycles. The van der Waals surface area contributed by atoms with E-state index in [0.29, 0.717) is 19.6 Å². The van der Waals surface area contributed by atoms with Crippen LogP contribution in [0, 0.1) is 17.3 Å². The van der Waals surface area contributed by atoms with Gasteiger partial charge in [-0.15, -0.1) is 0 Å². The lowest BCUT2D eigenvalue weighted by atomic mass is 9.73. The van der Waals surface area contributed by atoms with Gasteiger partial charge in [-0.2, -0.15) is 0 Å². The first-order valence-corrected chi connectivity index (χ1v) is 12.4. The smallest absolute Gasteiger partial charge is 0.168 e. The Hall–Kier alpha value is -2.21. The molecule has 1 aromatic carbocycles. The van der Waals surface area contributed by atoms with E-state index in [1.54, 1.807) is 14.2 Å². The molecule has 5 nitrogen and oxygen atoms in total. The molecule has 0 aliphatic heterocycles. The van der Waals surface area contributed by atoms with Gasteiger partial charge in [0, 0.05) is 24.4 Å². The minimum Gasteiger partial charge on any atom is -0.497 e. The first kappa shape index (κ1) is 29.0. The van der Waals surface area contributed by atoms with Crippen molar-refractivity contribution in [2.75, 3.05) is 27.6 Å². The number of Topliss-reactive ketones (excluding diaryl/α,β-unsaturated/α-hetero) is 1. The van der Waals surface area contributed by atoms with Crippen LogP contribution < -0.4 is 4.74 Å². The summed E-state index contributed by atoms with van der Waals surface area (Å²) >= 11 is 0. The Bertz CT molecular complexity index is 894. The molecule has 0 aromatic heterocycles. The quantitative estimate of drug-likeness (QED) is 0.218. The van der Waals surface area contributed by atoms with Crippen LogP contribution in [0.2, 0.25) is 0 Å². The number of hydrogen-bond donors (Lipinski definition) is 0. The molecule has 0 N–H and O–H groups in total. The predicted octanol–water partition coefficient (Wildman–Crippen LogP) is 6.68. The number of ether oxygens (including phenoxy) is 4. The van der Waals surface area contributed by atoms with Gasteiger partial charge < -0.3 is 18.9 Å². The van der Waals surface area contributed by atoms with Gasteiger partial charge in [0.25, 0.3) is 0 Å². The number of rotatable bonds is 14. The molecule has 0 spiro atoms. The summed E-state index contributed by atoms with van der Waals surface area (Å²) in [6, 6.07) is 7.85. The van der Waals surface area contributed by atoms with Crippen molar-refractivity contribution in [3.05, 3.63) is 65.3 Å². The molecular weight excluding hydrogens is 440 g/mol. The molecule has 5 heteroatoms. The molecule has 1 fully saturated rings. The summed E-state index contributed by atoms with van der Waals surface area (Å²) in [6.07, 6.45) is 6.55. The van der Waals surface area contributed by atoms with Gasteiger partial charge in [-0.05, 0) is 64.7 Å². The first-order chi connectivity index (χ1) is 16.6. The van der Waals surface area contributed by atoms with Gasteiger partial charge >= 0.3 is 0 Å². The molecule has 0 amide bonds. The highest BCUT2D eigenvalue weighted by Crippen LogP contribution is 2.50. The van der Waals surface area contributed by atoms with Crippen LogP contribution in [0.25, 0.3) is 0 Å². The molecular formula is C30H44O5. The van der Waals surface area contributed by atoms with Crippen molar-refractivity contribution < 1.29 is 23.7 Å². The highest BCUT2D eigenvalue weighted by Gasteiger charge is 2.57.